The predicted molar refractivity (Wildman–Crippen MR) is 48.6 cm³/mol. The van der Waals surface area contributed by atoms with E-state index in [4.69, 9.17) is 39.5 Å². The van der Waals surface area contributed by atoms with Crippen molar-refractivity contribution in [1.82, 2.24) is 0 Å². The molecule has 1 aliphatic heterocycles. The molecule has 0 saturated carbocycles. The largest absolute Gasteiger partial charge is 0.462 e. The fourth-order valence-corrected chi connectivity index (χ4v) is 1.65. The van der Waals surface area contributed by atoms with Gasteiger partial charge in [0.05, 0.1) is 6.42 Å². The minimum Gasteiger partial charge on any atom is -0.462 e. The van der Waals surface area contributed by atoms with E-state index in [1.807, 2.05) is 6.92 Å². The number of hydrogen-bond donors (Lipinski definition) is 0. The van der Waals surface area contributed by atoms with E-state index in [9.17, 15) is 4.79 Å². The number of ether oxygens (including phenoxy) is 1. The normalized spacial score (nSPS) is 30.5. The number of carbonyl (C=O) groups excluding carboxylic acids is 1. The van der Waals surface area contributed by atoms with Gasteiger partial charge in [0, 0.05) is 12.3 Å². The van der Waals surface area contributed by atoms with Crippen LogP contribution in [0, 0.1) is 5.92 Å². The number of hydrogen-bond acceptors (Lipinski definition) is 2. The minimum atomic E-state index is -1.33. The Hall–Kier alpha value is 0.340. The van der Waals surface area contributed by atoms with Crippen LogP contribution in [-0.4, -0.2) is 15.9 Å². The van der Waals surface area contributed by atoms with Crippen LogP contribution in [0.5, 0.6) is 0 Å². The van der Waals surface area contributed by atoms with Gasteiger partial charge in [0.25, 0.3) is 0 Å². The average Bonchev–Trinajstić information content (AvgIpc) is 2.06. The maximum absolute atomic E-state index is 10.8. The molecule has 0 aromatic carbocycles. The van der Waals surface area contributed by atoms with Crippen molar-refractivity contribution in [3.63, 3.8) is 0 Å². The lowest BCUT2D eigenvalue weighted by molar-refractivity contribution is -0.141. The van der Waals surface area contributed by atoms with Crippen molar-refractivity contribution in [3.05, 3.63) is 0 Å². The van der Waals surface area contributed by atoms with Gasteiger partial charge in [-0.25, -0.2) is 0 Å². The lowest BCUT2D eigenvalue weighted by Crippen LogP contribution is -2.21. The first kappa shape index (κ1) is 10.4. The summed E-state index contributed by atoms with van der Waals surface area (Å²) in [5, 5.41) is 0. The molecule has 1 heterocycles. The fraction of sp³-hybridized carbons (Fsp3) is 0.857. The second-order valence-electron chi connectivity index (χ2n) is 3.03. The Morgan fingerprint density at radius 3 is 2.50 bits per heavy atom. The SMILES string of the molecule is C[C@H]1CC(=O)O[C@H]1CC(Cl)(Cl)Cl. The van der Waals surface area contributed by atoms with Crippen LogP contribution in [0.2, 0.25) is 0 Å². The van der Waals surface area contributed by atoms with Crippen LogP contribution in [0.4, 0.5) is 0 Å². The molecule has 5 heteroatoms. The first-order valence-corrected chi connectivity index (χ1v) is 4.78. The molecule has 12 heavy (non-hydrogen) atoms. The van der Waals surface area contributed by atoms with E-state index in [0.29, 0.717) is 6.42 Å². The first-order valence-electron chi connectivity index (χ1n) is 3.65. The highest BCUT2D eigenvalue weighted by molar-refractivity contribution is 6.67. The van der Waals surface area contributed by atoms with E-state index < -0.39 is 3.79 Å². The van der Waals surface area contributed by atoms with E-state index in [1.165, 1.54) is 0 Å². The van der Waals surface area contributed by atoms with Gasteiger partial charge >= 0.3 is 5.97 Å². The van der Waals surface area contributed by atoms with E-state index in [2.05, 4.69) is 0 Å². The summed E-state index contributed by atoms with van der Waals surface area (Å²) in [6, 6.07) is 0. The van der Waals surface area contributed by atoms with Crippen molar-refractivity contribution in [2.75, 3.05) is 0 Å². The summed E-state index contributed by atoms with van der Waals surface area (Å²) >= 11 is 16.7. The van der Waals surface area contributed by atoms with Gasteiger partial charge in [-0.15, -0.1) is 0 Å². The summed E-state index contributed by atoms with van der Waals surface area (Å²) < 4.78 is 3.63. The number of halogens is 3. The highest BCUT2D eigenvalue weighted by atomic mass is 35.6. The van der Waals surface area contributed by atoms with Crippen molar-refractivity contribution in [1.29, 1.82) is 0 Å². The number of carbonyl (C=O) groups is 1. The number of rotatable bonds is 1. The second kappa shape index (κ2) is 3.60. The second-order valence-corrected chi connectivity index (χ2v) is 5.55. The quantitative estimate of drug-likeness (QED) is 0.512. The molecule has 0 spiro atoms. The molecule has 0 bridgehead atoms. The predicted octanol–water partition coefficient (Wildman–Crippen LogP) is 2.70. The van der Waals surface area contributed by atoms with E-state index in [0.717, 1.165) is 0 Å². The Morgan fingerprint density at radius 2 is 2.17 bits per heavy atom. The maximum Gasteiger partial charge on any atom is 0.306 e. The molecule has 0 aliphatic carbocycles. The Kier molecular flexibility index (Phi) is 3.13. The number of cyclic esters (lactones) is 1. The number of alkyl halides is 3. The summed E-state index contributed by atoms with van der Waals surface area (Å²) in [6.45, 7) is 1.91. The van der Waals surface area contributed by atoms with Crippen LogP contribution in [0.3, 0.4) is 0 Å². The molecule has 0 radical (unpaired) electrons. The van der Waals surface area contributed by atoms with Crippen LogP contribution in [0.25, 0.3) is 0 Å². The molecule has 0 aromatic rings. The van der Waals surface area contributed by atoms with Crippen molar-refractivity contribution in [3.8, 4) is 0 Å². The van der Waals surface area contributed by atoms with Gasteiger partial charge in [-0.2, -0.15) is 0 Å². The summed E-state index contributed by atoms with van der Waals surface area (Å²) in [6.07, 6.45) is 0.445. The third kappa shape index (κ3) is 3.00. The lowest BCUT2D eigenvalue weighted by Gasteiger charge is -2.18. The van der Waals surface area contributed by atoms with Crippen molar-refractivity contribution < 1.29 is 9.53 Å². The molecule has 2 nitrogen and oxygen atoms in total. The standard InChI is InChI=1S/C7H9Cl3O2/c1-4-2-6(11)12-5(4)3-7(8,9)10/h4-5H,2-3H2,1H3/t4-,5-/m0/s1. The molecule has 1 saturated heterocycles. The zero-order valence-electron chi connectivity index (χ0n) is 6.52. The molecule has 1 aliphatic rings. The smallest absolute Gasteiger partial charge is 0.306 e. The van der Waals surface area contributed by atoms with Crippen LogP contribution < -0.4 is 0 Å². The van der Waals surface area contributed by atoms with Gasteiger partial charge in [0.15, 0.2) is 3.79 Å². The Labute approximate surface area is 86.1 Å². The average molecular weight is 232 g/mol. The maximum atomic E-state index is 10.8. The van der Waals surface area contributed by atoms with Gasteiger partial charge in [-0.1, -0.05) is 41.7 Å². The van der Waals surface area contributed by atoms with E-state index in [-0.39, 0.29) is 24.4 Å². The fourth-order valence-electron chi connectivity index (χ4n) is 1.20. The van der Waals surface area contributed by atoms with Crippen LogP contribution >= 0.6 is 34.8 Å². The molecule has 1 rings (SSSR count). The summed E-state index contributed by atoms with van der Waals surface area (Å²) in [4.78, 5) is 10.8. The molecule has 1 fully saturated rings. The highest BCUT2D eigenvalue weighted by Crippen LogP contribution is 2.37. The zero-order valence-corrected chi connectivity index (χ0v) is 8.79. The third-order valence-electron chi connectivity index (χ3n) is 1.84. The summed E-state index contributed by atoms with van der Waals surface area (Å²) in [5.74, 6) is -0.0603. The third-order valence-corrected chi connectivity index (χ3v) is 2.30. The van der Waals surface area contributed by atoms with Crippen molar-refractivity contribution in [2.45, 2.75) is 29.7 Å². The molecular weight excluding hydrogens is 222 g/mol. The van der Waals surface area contributed by atoms with Gasteiger partial charge < -0.3 is 4.74 Å². The van der Waals surface area contributed by atoms with Crippen LogP contribution in [0.1, 0.15) is 19.8 Å². The zero-order chi connectivity index (χ0) is 9.35. The number of esters is 1. The van der Waals surface area contributed by atoms with E-state index >= 15 is 0 Å². The Bertz CT molecular complexity index is 188. The topological polar surface area (TPSA) is 26.3 Å². The van der Waals surface area contributed by atoms with Crippen LogP contribution in [-0.2, 0) is 9.53 Å². The Morgan fingerprint density at radius 1 is 1.58 bits per heavy atom. The van der Waals surface area contributed by atoms with Crippen molar-refractivity contribution in [2.24, 2.45) is 5.92 Å². The van der Waals surface area contributed by atoms with Gasteiger partial charge in [-0.05, 0) is 0 Å². The minimum absolute atomic E-state index is 0.146. The molecule has 0 aromatic heterocycles. The first-order chi connectivity index (χ1) is 5.38. The molecule has 2 atom stereocenters. The molecule has 70 valence electrons. The van der Waals surface area contributed by atoms with Gasteiger partial charge in [-0.3, -0.25) is 4.79 Å². The molecule has 0 N–H and O–H groups in total. The lowest BCUT2D eigenvalue weighted by atomic mass is 10.0. The Balaban J connectivity index is 2.48. The highest BCUT2D eigenvalue weighted by Gasteiger charge is 2.36. The van der Waals surface area contributed by atoms with Gasteiger partial charge in [0.2, 0.25) is 0 Å². The van der Waals surface area contributed by atoms with Crippen molar-refractivity contribution >= 4 is 40.8 Å². The van der Waals surface area contributed by atoms with Crippen LogP contribution in [0.15, 0.2) is 0 Å². The monoisotopic (exact) mass is 230 g/mol. The molecule has 0 amide bonds. The molecule has 0 unspecified atom stereocenters. The summed E-state index contributed by atoms with van der Waals surface area (Å²) in [5.41, 5.74) is 0. The van der Waals surface area contributed by atoms with Gasteiger partial charge in [0.1, 0.15) is 6.10 Å². The molecular formula is C7H9Cl3O2. The summed E-state index contributed by atoms with van der Waals surface area (Å²) in [7, 11) is 0. The van der Waals surface area contributed by atoms with E-state index in [1.54, 1.807) is 0 Å².